The van der Waals surface area contributed by atoms with E-state index in [2.05, 4.69) is 44.7 Å². The fraction of sp³-hybridized carbons (Fsp3) is 0.476. The van der Waals surface area contributed by atoms with E-state index in [0.29, 0.717) is 25.0 Å². The molecule has 2 atom stereocenters. The highest BCUT2D eigenvalue weighted by atomic mass is 32.2. The first kappa shape index (κ1) is 21.7. The molecule has 1 aromatic heterocycles. The molecule has 3 heterocycles. The molecular weight excluding hydrogens is 416 g/mol. The molecule has 1 saturated heterocycles. The highest BCUT2D eigenvalue weighted by Gasteiger charge is 2.29. The van der Waals surface area contributed by atoms with Crippen molar-refractivity contribution >= 4 is 35.1 Å². The van der Waals surface area contributed by atoms with Crippen molar-refractivity contribution in [1.29, 1.82) is 0 Å². The smallest absolute Gasteiger partial charge is 0.254 e. The number of rotatable bonds is 7. The summed E-state index contributed by atoms with van der Waals surface area (Å²) in [6.07, 6.45) is 4.47. The van der Waals surface area contributed by atoms with Crippen LogP contribution in [0.5, 0.6) is 5.75 Å². The number of carbonyl (C=O) groups is 1. The van der Waals surface area contributed by atoms with Crippen LogP contribution < -0.4 is 21.1 Å². The molecule has 0 aliphatic carbocycles. The molecule has 0 spiro atoms. The summed E-state index contributed by atoms with van der Waals surface area (Å²) >= 11 is 1.72. The molecule has 9 nitrogen and oxygen atoms in total. The van der Waals surface area contributed by atoms with Gasteiger partial charge in [0.2, 0.25) is 5.95 Å². The lowest BCUT2D eigenvalue weighted by Gasteiger charge is -2.26. The summed E-state index contributed by atoms with van der Waals surface area (Å²) in [5.74, 6) is 0.904. The molecule has 0 saturated carbocycles. The van der Waals surface area contributed by atoms with Crippen LogP contribution >= 0.6 is 11.8 Å². The summed E-state index contributed by atoms with van der Waals surface area (Å²) in [5, 5.41) is 6.85. The summed E-state index contributed by atoms with van der Waals surface area (Å²) < 4.78 is 11.2. The Labute approximate surface area is 186 Å². The third kappa shape index (κ3) is 4.70. The number of aromatic nitrogens is 2. The zero-order valence-electron chi connectivity index (χ0n) is 18.0. The number of methoxy groups -OCH3 is 1. The van der Waals surface area contributed by atoms with Crippen molar-refractivity contribution in [3.05, 3.63) is 35.0 Å². The van der Waals surface area contributed by atoms with Crippen LogP contribution in [0.2, 0.25) is 0 Å². The number of thioether (sulfide) groups is 1. The molecule has 31 heavy (non-hydrogen) atoms. The minimum absolute atomic E-state index is 0.0321. The van der Waals surface area contributed by atoms with E-state index in [4.69, 9.17) is 15.2 Å². The van der Waals surface area contributed by atoms with Gasteiger partial charge in [0.15, 0.2) is 0 Å². The fourth-order valence-corrected chi connectivity index (χ4v) is 4.63. The van der Waals surface area contributed by atoms with Gasteiger partial charge in [0.1, 0.15) is 11.6 Å². The summed E-state index contributed by atoms with van der Waals surface area (Å²) in [4.78, 5) is 23.1. The van der Waals surface area contributed by atoms with E-state index in [1.807, 2.05) is 6.26 Å². The van der Waals surface area contributed by atoms with Gasteiger partial charge in [0.25, 0.3) is 5.91 Å². The maximum Gasteiger partial charge on any atom is 0.254 e. The van der Waals surface area contributed by atoms with E-state index in [1.54, 1.807) is 18.9 Å². The molecule has 1 fully saturated rings. The van der Waals surface area contributed by atoms with Crippen molar-refractivity contribution in [2.75, 3.05) is 50.8 Å². The number of primary amides is 1. The number of hydrogen-bond acceptors (Lipinski definition) is 9. The zero-order valence-corrected chi connectivity index (χ0v) is 18.8. The van der Waals surface area contributed by atoms with E-state index < -0.39 is 5.91 Å². The maximum absolute atomic E-state index is 11.9. The molecule has 1 aromatic carbocycles. The zero-order chi connectivity index (χ0) is 22.0. The number of amides is 1. The van der Waals surface area contributed by atoms with Crippen molar-refractivity contribution in [3.8, 4) is 5.75 Å². The predicted molar refractivity (Wildman–Crippen MR) is 122 cm³/mol. The fourth-order valence-electron chi connectivity index (χ4n) is 3.92. The third-order valence-corrected chi connectivity index (χ3v) is 6.75. The second-order valence-corrected chi connectivity index (χ2v) is 8.89. The Morgan fingerprint density at radius 3 is 2.94 bits per heavy atom. The van der Waals surface area contributed by atoms with Gasteiger partial charge in [-0.25, -0.2) is 4.98 Å². The van der Waals surface area contributed by atoms with Gasteiger partial charge in [-0.1, -0.05) is 0 Å². The molecule has 166 valence electrons. The lowest BCUT2D eigenvalue weighted by molar-refractivity contribution is 0.100. The second kappa shape index (κ2) is 9.29. The highest BCUT2D eigenvalue weighted by Crippen LogP contribution is 2.33. The van der Waals surface area contributed by atoms with Crippen LogP contribution in [0.15, 0.2) is 18.3 Å². The summed E-state index contributed by atoms with van der Waals surface area (Å²) in [6.45, 7) is 3.10. The number of anilines is 3. The van der Waals surface area contributed by atoms with Gasteiger partial charge in [-0.3, -0.25) is 4.79 Å². The van der Waals surface area contributed by atoms with Crippen molar-refractivity contribution in [1.82, 2.24) is 14.9 Å². The molecule has 4 N–H and O–H groups in total. The van der Waals surface area contributed by atoms with Crippen molar-refractivity contribution in [2.24, 2.45) is 5.73 Å². The van der Waals surface area contributed by atoms with Crippen molar-refractivity contribution in [3.63, 3.8) is 0 Å². The first-order chi connectivity index (χ1) is 15.0. The number of ether oxygens (including phenoxy) is 2. The Kier molecular flexibility index (Phi) is 6.49. The van der Waals surface area contributed by atoms with Crippen LogP contribution in [-0.2, 0) is 17.7 Å². The van der Waals surface area contributed by atoms with E-state index in [1.165, 1.54) is 17.3 Å². The largest absolute Gasteiger partial charge is 0.495 e. The highest BCUT2D eigenvalue weighted by molar-refractivity contribution is 7.99. The van der Waals surface area contributed by atoms with Gasteiger partial charge >= 0.3 is 0 Å². The first-order valence-electron chi connectivity index (χ1n) is 10.2. The predicted octanol–water partition coefficient (Wildman–Crippen LogP) is 1.86. The Morgan fingerprint density at radius 2 is 2.19 bits per heavy atom. The molecule has 4 rings (SSSR count). The van der Waals surface area contributed by atoms with Crippen molar-refractivity contribution in [2.45, 2.75) is 24.3 Å². The Hall–Kier alpha value is -2.56. The van der Waals surface area contributed by atoms with Crippen molar-refractivity contribution < 1.29 is 14.3 Å². The van der Waals surface area contributed by atoms with Crippen LogP contribution in [-0.4, -0.2) is 72.2 Å². The van der Waals surface area contributed by atoms with Crippen LogP contribution in [0.4, 0.5) is 17.5 Å². The minimum Gasteiger partial charge on any atom is -0.495 e. The number of nitrogens with zero attached hydrogens (tertiary/aromatic N) is 3. The van der Waals surface area contributed by atoms with Crippen LogP contribution in [0.3, 0.4) is 0 Å². The van der Waals surface area contributed by atoms with Gasteiger partial charge < -0.3 is 30.7 Å². The quantitative estimate of drug-likeness (QED) is 0.588. The Bertz CT molecular complexity index is 972. The lowest BCUT2D eigenvalue weighted by atomic mass is 9.99. The molecule has 0 bridgehead atoms. The van der Waals surface area contributed by atoms with Crippen LogP contribution in [0.25, 0.3) is 0 Å². The van der Waals surface area contributed by atoms with Crippen LogP contribution in [0.1, 0.15) is 21.5 Å². The normalized spacial score (nSPS) is 20.9. The lowest BCUT2D eigenvalue weighted by Crippen LogP contribution is -2.31. The van der Waals surface area contributed by atoms with Gasteiger partial charge in [-0.15, -0.1) is 0 Å². The average Bonchev–Trinajstić information content (AvgIpc) is 3.20. The van der Waals surface area contributed by atoms with E-state index in [0.717, 1.165) is 30.9 Å². The summed E-state index contributed by atoms with van der Waals surface area (Å²) in [5.41, 5.74) is 9.11. The van der Waals surface area contributed by atoms with Gasteiger partial charge in [0, 0.05) is 19.3 Å². The molecule has 2 aliphatic heterocycles. The molecule has 0 radical (unpaired) electrons. The number of fused-ring (bicyclic) bond motifs is 1. The molecule has 2 aromatic rings. The molecular formula is C21H28N6O3S. The number of nitrogens with two attached hydrogens (primary N) is 1. The molecule has 1 amide bonds. The SMILES string of the molecule is COc1cc2c(cc1Nc1ncc(C(N)=O)c(N[C@@H]3COC[C@H]3SC)n1)CN(C)CC2. The molecule has 2 aliphatic rings. The van der Waals surface area contributed by atoms with E-state index in [-0.39, 0.29) is 16.9 Å². The minimum atomic E-state index is -0.580. The van der Waals surface area contributed by atoms with E-state index >= 15 is 0 Å². The van der Waals surface area contributed by atoms with Crippen LogP contribution in [0, 0.1) is 0 Å². The van der Waals surface area contributed by atoms with E-state index in [9.17, 15) is 4.79 Å². The Balaban J connectivity index is 1.63. The van der Waals surface area contributed by atoms with Gasteiger partial charge in [-0.2, -0.15) is 16.7 Å². The van der Waals surface area contributed by atoms with Gasteiger partial charge in [-0.05, 0) is 43.0 Å². The maximum atomic E-state index is 11.9. The monoisotopic (exact) mass is 444 g/mol. The second-order valence-electron chi connectivity index (χ2n) is 7.82. The third-order valence-electron chi connectivity index (χ3n) is 5.68. The Morgan fingerprint density at radius 1 is 1.35 bits per heavy atom. The number of benzene rings is 1. The number of carbonyl (C=O) groups excluding carboxylic acids is 1. The first-order valence-corrected chi connectivity index (χ1v) is 11.5. The summed E-state index contributed by atoms with van der Waals surface area (Å²) in [6, 6.07) is 4.18. The molecule has 0 unspecified atom stereocenters. The molecule has 10 heteroatoms. The van der Waals surface area contributed by atoms with Gasteiger partial charge in [0.05, 0.1) is 42.9 Å². The summed E-state index contributed by atoms with van der Waals surface area (Å²) in [7, 11) is 3.76. The topological polar surface area (TPSA) is 115 Å². The number of likely N-dealkylation sites (N-methyl/N-ethyl adjacent to an activating group) is 1. The standard InChI is InChI=1S/C21H28N6O3S/c1-27-5-4-12-7-17(29-2)15(6-13(12)9-27)25-21-23-8-14(19(22)28)20(26-21)24-16-10-30-11-18(16)31-3/h6-8,16,18H,4-5,9-11H2,1-3H3,(H2,22,28)(H2,23,24,25,26)/t16-,18-/m1/s1. The number of nitrogens with one attached hydrogen (secondary N) is 2. The number of hydrogen-bond donors (Lipinski definition) is 3. The average molecular weight is 445 g/mol.